The van der Waals surface area contributed by atoms with E-state index >= 15 is 0 Å². The molecule has 1 heterocycles. The minimum atomic E-state index is -0.519. The topological polar surface area (TPSA) is 93.5 Å². The Kier molecular flexibility index (Phi) is 3.85. The number of nitrogens with zero attached hydrogens (tertiary/aromatic N) is 1. The van der Waals surface area contributed by atoms with Crippen LogP contribution >= 0.6 is 0 Å². The van der Waals surface area contributed by atoms with Crippen molar-refractivity contribution in [3.8, 4) is 0 Å². The lowest BCUT2D eigenvalue weighted by molar-refractivity contribution is -0.384. The number of carbonyl (C=O) groups excluding carboxylic acids is 1. The molecule has 1 aliphatic heterocycles. The molecule has 0 bridgehead atoms. The number of amides is 1. The highest BCUT2D eigenvalue weighted by Gasteiger charge is 2.21. The van der Waals surface area contributed by atoms with Crippen molar-refractivity contribution in [1.29, 1.82) is 0 Å². The Morgan fingerprint density at radius 3 is 2.72 bits per heavy atom. The van der Waals surface area contributed by atoms with Gasteiger partial charge in [0.1, 0.15) is 6.10 Å². The van der Waals surface area contributed by atoms with Crippen molar-refractivity contribution in [3.63, 3.8) is 0 Å². The fourth-order valence-corrected chi connectivity index (χ4v) is 1.62. The molecule has 0 radical (unpaired) electrons. The van der Waals surface area contributed by atoms with Crippen LogP contribution in [0, 0.1) is 10.1 Å². The molecule has 1 aromatic carbocycles. The zero-order valence-corrected chi connectivity index (χ0v) is 9.59. The Labute approximate surface area is 103 Å². The van der Waals surface area contributed by atoms with Crippen LogP contribution in [0.2, 0.25) is 0 Å². The number of nitrogens with one attached hydrogen (secondary N) is 2. The van der Waals surface area contributed by atoms with E-state index in [9.17, 15) is 14.9 Å². The molecule has 0 saturated carbocycles. The van der Waals surface area contributed by atoms with E-state index in [0.717, 1.165) is 6.54 Å². The molecule has 0 spiro atoms. The Bertz CT molecular complexity index is 440. The van der Waals surface area contributed by atoms with Crippen LogP contribution in [0.1, 0.15) is 0 Å². The van der Waals surface area contributed by atoms with Crippen LogP contribution in [0.4, 0.5) is 11.4 Å². The summed E-state index contributed by atoms with van der Waals surface area (Å²) in [5, 5.41) is 16.2. The molecular weight excluding hydrogens is 238 g/mol. The van der Waals surface area contributed by atoms with E-state index < -0.39 is 11.0 Å². The molecule has 1 aromatic rings. The van der Waals surface area contributed by atoms with Gasteiger partial charge >= 0.3 is 0 Å². The third kappa shape index (κ3) is 3.02. The monoisotopic (exact) mass is 251 g/mol. The Hall–Kier alpha value is -1.99. The van der Waals surface area contributed by atoms with Gasteiger partial charge < -0.3 is 15.4 Å². The SMILES string of the molecule is O=C(Nc1ccc([N+](=O)[O-])cc1)C1CNCCO1. The highest BCUT2D eigenvalue weighted by atomic mass is 16.6. The maximum Gasteiger partial charge on any atom is 0.269 e. The van der Waals surface area contributed by atoms with Gasteiger partial charge in [0, 0.05) is 30.9 Å². The number of nitro benzene ring substituents is 1. The van der Waals surface area contributed by atoms with E-state index in [4.69, 9.17) is 4.74 Å². The first-order valence-electron chi connectivity index (χ1n) is 5.54. The van der Waals surface area contributed by atoms with Gasteiger partial charge in [-0.05, 0) is 12.1 Å². The second-order valence-corrected chi connectivity index (χ2v) is 3.86. The molecule has 18 heavy (non-hydrogen) atoms. The van der Waals surface area contributed by atoms with Gasteiger partial charge in [0.2, 0.25) is 0 Å². The smallest absolute Gasteiger partial charge is 0.269 e. The van der Waals surface area contributed by atoms with Crippen LogP contribution in [-0.2, 0) is 9.53 Å². The second kappa shape index (κ2) is 5.56. The second-order valence-electron chi connectivity index (χ2n) is 3.86. The zero-order chi connectivity index (χ0) is 13.0. The third-order valence-corrected chi connectivity index (χ3v) is 2.57. The van der Waals surface area contributed by atoms with Gasteiger partial charge in [-0.1, -0.05) is 0 Å². The first-order valence-corrected chi connectivity index (χ1v) is 5.54. The normalized spacial score (nSPS) is 19.2. The van der Waals surface area contributed by atoms with E-state index in [1.165, 1.54) is 24.3 Å². The van der Waals surface area contributed by atoms with Crippen molar-refractivity contribution in [2.75, 3.05) is 25.0 Å². The molecule has 0 aliphatic carbocycles. The van der Waals surface area contributed by atoms with Gasteiger partial charge in [-0.25, -0.2) is 0 Å². The van der Waals surface area contributed by atoms with Crippen LogP contribution in [0.15, 0.2) is 24.3 Å². The Morgan fingerprint density at radius 2 is 2.17 bits per heavy atom. The van der Waals surface area contributed by atoms with Gasteiger partial charge in [-0.3, -0.25) is 14.9 Å². The van der Waals surface area contributed by atoms with Crippen molar-refractivity contribution < 1.29 is 14.5 Å². The Morgan fingerprint density at radius 1 is 1.44 bits per heavy atom. The van der Waals surface area contributed by atoms with Crippen molar-refractivity contribution in [3.05, 3.63) is 34.4 Å². The van der Waals surface area contributed by atoms with Crippen LogP contribution in [-0.4, -0.2) is 36.6 Å². The number of benzene rings is 1. The standard InChI is InChI=1S/C11H13N3O4/c15-11(10-7-12-5-6-18-10)13-8-1-3-9(4-2-8)14(16)17/h1-4,10,12H,5-7H2,(H,13,15). The fourth-order valence-electron chi connectivity index (χ4n) is 1.62. The molecule has 7 heteroatoms. The maximum atomic E-state index is 11.8. The van der Waals surface area contributed by atoms with Gasteiger partial charge in [0.05, 0.1) is 11.5 Å². The number of carbonyl (C=O) groups is 1. The summed E-state index contributed by atoms with van der Waals surface area (Å²) in [4.78, 5) is 21.8. The van der Waals surface area contributed by atoms with Gasteiger partial charge in [0.15, 0.2) is 0 Å². The predicted octanol–water partition coefficient (Wildman–Crippen LogP) is 0.522. The number of morpholine rings is 1. The van der Waals surface area contributed by atoms with Gasteiger partial charge in [0.25, 0.3) is 11.6 Å². The van der Waals surface area contributed by atoms with Gasteiger partial charge in [-0.15, -0.1) is 0 Å². The summed E-state index contributed by atoms with van der Waals surface area (Å²) in [6, 6.07) is 5.67. The van der Waals surface area contributed by atoms with Crippen molar-refractivity contribution in [2.24, 2.45) is 0 Å². The lowest BCUT2D eigenvalue weighted by atomic mass is 10.2. The zero-order valence-electron chi connectivity index (χ0n) is 9.59. The number of ether oxygens (including phenoxy) is 1. The number of hydrogen-bond donors (Lipinski definition) is 2. The van der Waals surface area contributed by atoms with Crippen LogP contribution in [0.25, 0.3) is 0 Å². The highest BCUT2D eigenvalue weighted by Crippen LogP contribution is 2.15. The van der Waals surface area contributed by atoms with E-state index in [1.807, 2.05) is 0 Å². The van der Waals surface area contributed by atoms with E-state index in [1.54, 1.807) is 0 Å². The summed E-state index contributed by atoms with van der Waals surface area (Å²) in [6.45, 7) is 1.71. The maximum absolute atomic E-state index is 11.8. The summed E-state index contributed by atoms with van der Waals surface area (Å²) < 4.78 is 5.29. The summed E-state index contributed by atoms with van der Waals surface area (Å²) in [5.74, 6) is -0.254. The minimum absolute atomic E-state index is 0.0106. The molecule has 1 saturated heterocycles. The van der Waals surface area contributed by atoms with Crippen molar-refractivity contribution in [1.82, 2.24) is 5.32 Å². The lowest BCUT2D eigenvalue weighted by Gasteiger charge is -2.22. The Balaban J connectivity index is 1.96. The first kappa shape index (κ1) is 12.5. The molecule has 96 valence electrons. The van der Waals surface area contributed by atoms with Gasteiger partial charge in [-0.2, -0.15) is 0 Å². The molecule has 1 fully saturated rings. The molecule has 1 aliphatic rings. The van der Waals surface area contributed by atoms with E-state index in [2.05, 4.69) is 10.6 Å². The first-order chi connectivity index (χ1) is 8.66. The summed E-state index contributed by atoms with van der Waals surface area (Å²) >= 11 is 0. The number of anilines is 1. The lowest BCUT2D eigenvalue weighted by Crippen LogP contribution is -2.45. The fraction of sp³-hybridized carbons (Fsp3) is 0.364. The number of non-ortho nitro benzene ring substituents is 1. The number of rotatable bonds is 3. The largest absolute Gasteiger partial charge is 0.366 e. The average Bonchev–Trinajstić information content (AvgIpc) is 2.40. The molecule has 2 N–H and O–H groups in total. The quantitative estimate of drug-likeness (QED) is 0.603. The third-order valence-electron chi connectivity index (χ3n) is 2.57. The van der Waals surface area contributed by atoms with Crippen molar-refractivity contribution in [2.45, 2.75) is 6.10 Å². The molecule has 1 atom stereocenters. The molecular formula is C11H13N3O4. The van der Waals surface area contributed by atoms with E-state index in [-0.39, 0.29) is 11.6 Å². The molecule has 0 aromatic heterocycles. The average molecular weight is 251 g/mol. The van der Waals surface area contributed by atoms with Crippen molar-refractivity contribution >= 4 is 17.3 Å². The molecule has 1 unspecified atom stereocenters. The summed E-state index contributed by atoms with van der Waals surface area (Å²) in [5.41, 5.74) is 0.503. The number of nitro groups is 1. The van der Waals surface area contributed by atoms with Crippen LogP contribution < -0.4 is 10.6 Å². The molecule has 2 rings (SSSR count). The number of hydrogen-bond acceptors (Lipinski definition) is 5. The predicted molar refractivity (Wildman–Crippen MR) is 64.3 cm³/mol. The van der Waals surface area contributed by atoms with E-state index in [0.29, 0.717) is 18.8 Å². The summed E-state index contributed by atoms with van der Waals surface area (Å²) in [6.07, 6.45) is -0.519. The van der Waals surface area contributed by atoms with Crippen LogP contribution in [0.3, 0.4) is 0 Å². The molecule has 1 amide bonds. The minimum Gasteiger partial charge on any atom is -0.366 e. The highest BCUT2D eigenvalue weighted by molar-refractivity contribution is 5.94. The van der Waals surface area contributed by atoms with Crippen LogP contribution in [0.5, 0.6) is 0 Å². The summed E-state index contributed by atoms with van der Waals surface area (Å²) in [7, 11) is 0. The molecule has 7 nitrogen and oxygen atoms in total.